The molecule has 1 aliphatic carbocycles. The van der Waals surface area contributed by atoms with E-state index in [1.54, 1.807) is 0 Å². The summed E-state index contributed by atoms with van der Waals surface area (Å²) in [6.07, 6.45) is 3.94. The van der Waals surface area contributed by atoms with Gasteiger partial charge in [0.15, 0.2) is 5.78 Å². The van der Waals surface area contributed by atoms with Gasteiger partial charge in [-0.15, -0.1) is 11.3 Å². The third kappa shape index (κ3) is 4.27. The molecule has 0 saturated heterocycles. The molecule has 0 saturated carbocycles. The smallest absolute Gasteiger partial charge is 0.306 e. The van der Waals surface area contributed by atoms with Crippen molar-refractivity contribution >= 4 is 33.3 Å². The molecule has 4 rings (SSSR count). The second-order valence-corrected chi connectivity index (χ2v) is 8.08. The van der Waals surface area contributed by atoms with Crippen LogP contribution in [0.3, 0.4) is 0 Å². The molecule has 2 heterocycles. The van der Waals surface area contributed by atoms with Crippen molar-refractivity contribution in [3.05, 3.63) is 62.3 Å². The van der Waals surface area contributed by atoms with E-state index in [0.29, 0.717) is 21.6 Å². The summed E-state index contributed by atoms with van der Waals surface area (Å²) in [6, 6.07) is 5.17. The Bertz CT molecular complexity index is 1130. The number of thiophene rings is 1. The van der Waals surface area contributed by atoms with E-state index in [2.05, 4.69) is 9.97 Å². The number of esters is 1. The number of carbonyl (C=O) groups excluding carboxylic acids is 2. The van der Waals surface area contributed by atoms with E-state index < -0.39 is 11.8 Å². The van der Waals surface area contributed by atoms with Crippen LogP contribution in [0.5, 0.6) is 0 Å². The number of fused-ring (bicyclic) bond motifs is 3. The molecule has 0 bridgehead atoms. The molecule has 29 heavy (non-hydrogen) atoms. The summed E-state index contributed by atoms with van der Waals surface area (Å²) in [5.74, 6) is -0.960. The molecule has 1 aliphatic rings. The van der Waals surface area contributed by atoms with Gasteiger partial charge < -0.3 is 9.72 Å². The van der Waals surface area contributed by atoms with Crippen LogP contribution in [0.15, 0.2) is 29.1 Å². The standard InChI is InChI=1S/C21H19FN2O4S/c22-13-7-5-12(6-8-13)15(25)9-10-18(26)28-11-17-23-20(27)19-14-3-1-2-4-16(14)29-21(19)24-17/h5-8H,1-4,9-11H2,(H,23,24,27). The fourth-order valence-electron chi connectivity index (χ4n) is 3.49. The van der Waals surface area contributed by atoms with Crippen LogP contribution in [0.4, 0.5) is 4.39 Å². The van der Waals surface area contributed by atoms with Gasteiger partial charge in [0, 0.05) is 16.9 Å². The van der Waals surface area contributed by atoms with E-state index >= 15 is 0 Å². The molecule has 0 unspecified atom stereocenters. The monoisotopic (exact) mass is 414 g/mol. The summed E-state index contributed by atoms with van der Waals surface area (Å²) in [6.45, 7) is -0.155. The lowest BCUT2D eigenvalue weighted by Gasteiger charge is -2.09. The number of H-pyrrole nitrogens is 1. The molecule has 0 fully saturated rings. The molecule has 150 valence electrons. The second kappa shape index (κ2) is 8.24. The van der Waals surface area contributed by atoms with Crippen LogP contribution in [-0.2, 0) is 29.0 Å². The molecule has 6 nitrogen and oxygen atoms in total. The first kappa shape index (κ1) is 19.4. The number of halogens is 1. The highest BCUT2D eigenvalue weighted by Gasteiger charge is 2.20. The molecule has 1 aromatic carbocycles. The number of ketones is 1. The van der Waals surface area contributed by atoms with Crippen molar-refractivity contribution in [3.8, 4) is 0 Å². The number of nitrogens with one attached hydrogen (secondary N) is 1. The molecule has 0 atom stereocenters. The van der Waals surface area contributed by atoms with E-state index in [4.69, 9.17) is 4.74 Å². The number of hydrogen-bond donors (Lipinski definition) is 1. The van der Waals surface area contributed by atoms with Crippen molar-refractivity contribution in [2.75, 3.05) is 0 Å². The normalized spacial score (nSPS) is 13.3. The first-order valence-corrected chi connectivity index (χ1v) is 10.3. The maximum absolute atomic E-state index is 12.9. The number of aryl methyl sites for hydroxylation is 2. The van der Waals surface area contributed by atoms with Crippen molar-refractivity contribution in [2.45, 2.75) is 45.1 Å². The predicted octanol–water partition coefficient (Wildman–Crippen LogP) is 3.71. The van der Waals surface area contributed by atoms with Crippen molar-refractivity contribution in [3.63, 3.8) is 0 Å². The van der Waals surface area contributed by atoms with Gasteiger partial charge >= 0.3 is 5.97 Å². The predicted molar refractivity (Wildman–Crippen MR) is 107 cm³/mol. The minimum Gasteiger partial charge on any atom is -0.458 e. The van der Waals surface area contributed by atoms with Crippen LogP contribution in [0.2, 0.25) is 0 Å². The van der Waals surface area contributed by atoms with Gasteiger partial charge in [0.25, 0.3) is 5.56 Å². The second-order valence-electron chi connectivity index (χ2n) is 6.99. The van der Waals surface area contributed by atoms with E-state index in [-0.39, 0.29) is 30.8 Å². The van der Waals surface area contributed by atoms with E-state index in [1.165, 1.54) is 40.5 Å². The largest absolute Gasteiger partial charge is 0.458 e. The molecule has 0 aliphatic heterocycles. The number of benzene rings is 1. The Morgan fingerprint density at radius 2 is 1.90 bits per heavy atom. The lowest BCUT2D eigenvalue weighted by Crippen LogP contribution is -2.15. The summed E-state index contributed by atoms with van der Waals surface area (Å²) in [4.78, 5) is 45.5. The minimum absolute atomic E-state index is 0.0366. The Kier molecular flexibility index (Phi) is 5.53. The lowest BCUT2D eigenvalue weighted by molar-refractivity contribution is -0.145. The summed E-state index contributed by atoms with van der Waals surface area (Å²) in [5, 5.41) is 0.657. The summed E-state index contributed by atoms with van der Waals surface area (Å²) < 4.78 is 18.1. The molecule has 0 spiro atoms. The maximum atomic E-state index is 12.9. The van der Waals surface area contributed by atoms with Crippen molar-refractivity contribution in [1.29, 1.82) is 0 Å². The van der Waals surface area contributed by atoms with Gasteiger partial charge in [-0.05, 0) is 55.5 Å². The Hall–Kier alpha value is -2.87. The van der Waals surface area contributed by atoms with Crippen molar-refractivity contribution < 1.29 is 18.7 Å². The SMILES string of the molecule is O=C(CCC(=O)c1ccc(F)cc1)OCc1nc2sc3c(c2c(=O)[nH]1)CCCC3. The van der Waals surface area contributed by atoms with Gasteiger partial charge in [-0.3, -0.25) is 14.4 Å². The first-order valence-electron chi connectivity index (χ1n) is 9.49. The third-order valence-corrected chi connectivity index (χ3v) is 6.15. The fraction of sp³-hybridized carbons (Fsp3) is 0.333. The molecule has 2 aromatic heterocycles. The zero-order chi connectivity index (χ0) is 20.4. The lowest BCUT2D eigenvalue weighted by atomic mass is 9.97. The Morgan fingerprint density at radius 1 is 1.14 bits per heavy atom. The number of hydrogen-bond acceptors (Lipinski definition) is 6. The van der Waals surface area contributed by atoms with Crippen molar-refractivity contribution in [2.24, 2.45) is 0 Å². The van der Waals surface area contributed by atoms with Gasteiger partial charge in [0.1, 0.15) is 23.1 Å². The summed E-state index contributed by atoms with van der Waals surface area (Å²) in [5.41, 5.74) is 1.25. The van der Waals surface area contributed by atoms with Crippen LogP contribution in [0.25, 0.3) is 10.2 Å². The molecule has 8 heteroatoms. The first-order chi connectivity index (χ1) is 14.0. The number of aromatic nitrogens is 2. The highest BCUT2D eigenvalue weighted by molar-refractivity contribution is 7.18. The molecular weight excluding hydrogens is 395 g/mol. The topological polar surface area (TPSA) is 89.1 Å². The average Bonchev–Trinajstić information content (AvgIpc) is 3.10. The van der Waals surface area contributed by atoms with E-state index in [9.17, 15) is 18.8 Å². The van der Waals surface area contributed by atoms with Gasteiger partial charge in [0.05, 0.1) is 11.8 Å². The fourth-order valence-corrected chi connectivity index (χ4v) is 4.77. The number of aromatic amines is 1. The summed E-state index contributed by atoms with van der Waals surface area (Å²) in [7, 11) is 0. The zero-order valence-electron chi connectivity index (χ0n) is 15.6. The highest BCUT2D eigenvalue weighted by Crippen LogP contribution is 2.33. The maximum Gasteiger partial charge on any atom is 0.306 e. The van der Waals surface area contributed by atoms with Crippen LogP contribution < -0.4 is 5.56 Å². The van der Waals surface area contributed by atoms with Crippen LogP contribution in [0.1, 0.15) is 52.3 Å². The molecule has 0 radical (unpaired) electrons. The Balaban J connectivity index is 1.36. The van der Waals surface area contributed by atoms with Crippen LogP contribution in [0, 0.1) is 5.82 Å². The third-order valence-electron chi connectivity index (χ3n) is 4.97. The van der Waals surface area contributed by atoms with Gasteiger partial charge in [-0.2, -0.15) is 0 Å². The number of nitrogens with zero attached hydrogens (tertiary/aromatic N) is 1. The zero-order valence-corrected chi connectivity index (χ0v) is 16.4. The van der Waals surface area contributed by atoms with Gasteiger partial charge in [-0.1, -0.05) is 0 Å². The minimum atomic E-state index is -0.561. The van der Waals surface area contributed by atoms with Crippen LogP contribution >= 0.6 is 11.3 Å². The quantitative estimate of drug-likeness (QED) is 0.491. The molecule has 0 amide bonds. The molecule has 1 N–H and O–H groups in total. The molecular formula is C21H19FN2O4S. The number of Topliss-reactive ketones (excluding diaryl/α,β-unsaturated/α-hetero) is 1. The van der Waals surface area contributed by atoms with E-state index in [1.807, 2.05) is 0 Å². The van der Waals surface area contributed by atoms with Crippen molar-refractivity contribution in [1.82, 2.24) is 9.97 Å². The van der Waals surface area contributed by atoms with E-state index in [0.717, 1.165) is 31.2 Å². The number of rotatable bonds is 6. The van der Waals surface area contributed by atoms with Gasteiger partial charge in [-0.25, -0.2) is 9.37 Å². The number of ether oxygens (including phenoxy) is 1. The van der Waals surface area contributed by atoms with Crippen LogP contribution in [-0.4, -0.2) is 21.7 Å². The highest BCUT2D eigenvalue weighted by atomic mass is 32.1. The average molecular weight is 414 g/mol. The molecule has 3 aromatic rings. The Morgan fingerprint density at radius 3 is 2.69 bits per heavy atom. The summed E-state index contributed by atoms with van der Waals surface area (Å²) >= 11 is 1.53. The van der Waals surface area contributed by atoms with Gasteiger partial charge in [0.2, 0.25) is 0 Å². The number of carbonyl (C=O) groups is 2. The Labute approximate surface area is 169 Å².